The number of hydrogen-bond donors (Lipinski definition) is 1. The summed E-state index contributed by atoms with van der Waals surface area (Å²) in [7, 11) is -3.94. The predicted molar refractivity (Wildman–Crippen MR) is 72.3 cm³/mol. The SMILES string of the molecule is N#Cc1c(F)cccc1S(=O)(=O)NC1CCOC1C1CC1. The Morgan fingerprint density at radius 1 is 1.33 bits per heavy atom. The third kappa shape index (κ3) is 2.79. The highest BCUT2D eigenvalue weighted by Gasteiger charge is 2.42. The average Bonchev–Trinajstić information content (AvgIpc) is 3.19. The highest BCUT2D eigenvalue weighted by atomic mass is 32.2. The van der Waals surface area contributed by atoms with Crippen molar-refractivity contribution in [2.45, 2.75) is 36.3 Å². The second kappa shape index (κ2) is 5.37. The Kier molecular flexibility index (Phi) is 3.69. The molecule has 2 aliphatic rings. The molecule has 7 heteroatoms. The van der Waals surface area contributed by atoms with E-state index in [0.29, 0.717) is 18.9 Å². The molecule has 2 unspecified atom stereocenters. The lowest BCUT2D eigenvalue weighted by Crippen LogP contribution is -2.41. The van der Waals surface area contributed by atoms with Gasteiger partial charge in [-0.25, -0.2) is 17.5 Å². The van der Waals surface area contributed by atoms with E-state index in [1.165, 1.54) is 12.1 Å². The van der Waals surface area contributed by atoms with Gasteiger partial charge in [-0.05, 0) is 37.3 Å². The molecule has 5 nitrogen and oxygen atoms in total. The van der Waals surface area contributed by atoms with Crippen LogP contribution in [0.15, 0.2) is 23.1 Å². The van der Waals surface area contributed by atoms with Crippen LogP contribution in [0.25, 0.3) is 0 Å². The van der Waals surface area contributed by atoms with Gasteiger partial charge in [0.25, 0.3) is 0 Å². The fourth-order valence-electron chi connectivity index (χ4n) is 2.73. The van der Waals surface area contributed by atoms with Gasteiger partial charge in [-0.15, -0.1) is 0 Å². The van der Waals surface area contributed by atoms with Crippen molar-refractivity contribution >= 4 is 10.0 Å². The molecular weight excluding hydrogens is 295 g/mol. The van der Waals surface area contributed by atoms with Crippen LogP contribution in [0.1, 0.15) is 24.8 Å². The minimum Gasteiger partial charge on any atom is -0.376 e. The molecule has 0 spiro atoms. The third-order valence-electron chi connectivity index (χ3n) is 3.91. The number of hydrogen-bond acceptors (Lipinski definition) is 4. The fourth-order valence-corrected chi connectivity index (χ4v) is 4.17. The Morgan fingerprint density at radius 3 is 2.76 bits per heavy atom. The van der Waals surface area contributed by atoms with Gasteiger partial charge in [0.2, 0.25) is 10.0 Å². The van der Waals surface area contributed by atoms with Gasteiger partial charge in [0, 0.05) is 6.61 Å². The van der Waals surface area contributed by atoms with E-state index in [4.69, 9.17) is 10.00 Å². The molecule has 0 aromatic heterocycles. The number of nitrogens with zero attached hydrogens (tertiary/aromatic N) is 1. The number of halogens is 1. The van der Waals surface area contributed by atoms with Crippen molar-refractivity contribution < 1.29 is 17.5 Å². The number of nitriles is 1. The van der Waals surface area contributed by atoms with Crippen LogP contribution in [0.4, 0.5) is 4.39 Å². The highest BCUT2D eigenvalue weighted by Crippen LogP contribution is 2.39. The Balaban J connectivity index is 1.87. The second-order valence-electron chi connectivity index (χ2n) is 5.41. The highest BCUT2D eigenvalue weighted by molar-refractivity contribution is 7.89. The molecular formula is C14H15FN2O3S. The molecule has 1 aliphatic heterocycles. The summed E-state index contributed by atoms with van der Waals surface area (Å²) in [5.74, 6) is -0.426. The van der Waals surface area contributed by atoms with E-state index in [2.05, 4.69) is 4.72 Å². The van der Waals surface area contributed by atoms with Crippen LogP contribution in [0, 0.1) is 23.1 Å². The van der Waals surface area contributed by atoms with Gasteiger partial charge in [0.15, 0.2) is 0 Å². The van der Waals surface area contributed by atoms with Crippen molar-refractivity contribution in [1.29, 1.82) is 5.26 Å². The van der Waals surface area contributed by atoms with Crippen LogP contribution in [-0.4, -0.2) is 27.2 Å². The molecule has 1 N–H and O–H groups in total. The monoisotopic (exact) mass is 310 g/mol. The number of ether oxygens (including phenoxy) is 1. The standard InChI is InChI=1S/C14H15FN2O3S/c15-11-2-1-3-13(10(11)8-16)21(18,19)17-12-6-7-20-14(12)9-4-5-9/h1-3,9,12,14,17H,4-7H2. The first-order valence-corrected chi connectivity index (χ1v) is 8.34. The van der Waals surface area contributed by atoms with Crippen molar-refractivity contribution in [3.63, 3.8) is 0 Å². The lowest BCUT2D eigenvalue weighted by atomic mass is 10.1. The third-order valence-corrected chi connectivity index (χ3v) is 5.44. The topological polar surface area (TPSA) is 79.2 Å². The normalized spacial score (nSPS) is 25.7. The quantitative estimate of drug-likeness (QED) is 0.915. The molecule has 1 aliphatic carbocycles. The summed E-state index contributed by atoms with van der Waals surface area (Å²) in [6.07, 6.45) is 2.58. The summed E-state index contributed by atoms with van der Waals surface area (Å²) in [6.45, 7) is 0.516. The maximum absolute atomic E-state index is 13.6. The Morgan fingerprint density at radius 2 is 2.10 bits per heavy atom. The molecule has 2 atom stereocenters. The zero-order valence-electron chi connectivity index (χ0n) is 11.3. The number of benzene rings is 1. The molecule has 1 saturated heterocycles. The van der Waals surface area contributed by atoms with E-state index in [1.807, 2.05) is 0 Å². The number of rotatable bonds is 4. The molecule has 1 aromatic carbocycles. The molecule has 3 rings (SSSR count). The zero-order chi connectivity index (χ0) is 15.0. The first-order valence-electron chi connectivity index (χ1n) is 6.85. The lowest BCUT2D eigenvalue weighted by Gasteiger charge is -2.19. The smallest absolute Gasteiger partial charge is 0.242 e. The number of nitrogens with one attached hydrogen (secondary N) is 1. The summed E-state index contributed by atoms with van der Waals surface area (Å²) in [5, 5.41) is 8.97. The molecule has 1 heterocycles. The van der Waals surface area contributed by atoms with Crippen molar-refractivity contribution in [2.75, 3.05) is 6.61 Å². The predicted octanol–water partition coefficient (Wildman–Crippen LogP) is 1.54. The van der Waals surface area contributed by atoms with Crippen molar-refractivity contribution in [3.05, 3.63) is 29.6 Å². The molecule has 0 bridgehead atoms. The van der Waals surface area contributed by atoms with Crippen LogP contribution in [0.5, 0.6) is 0 Å². The largest absolute Gasteiger partial charge is 0.376 e. The maximum atomic E-state index is 13.6. The maximum Gasteiger partial charge on any atom is 0.242 e. The van der Waals surface area contributed by atoms with E-state index >= 15 is 0 Å². The van der Waals surface area contributed by atoms with Gasteiger partial charge in [0.05, 0.1) is 12.1 Å². The first-order chi connectivity index (χ1) is 10.0. The Hall–Kier alpha value is -1.49. The number of sulfonamides is 1. The molecule has 0 radical (unpaired) electrons. The minimum atomic E-state index is -3.94. The second-order valence-corrected chi connectivity index (χ2v) is 7.10. The van der Waals surface area contributed by atoms with Crippen molar-refractivity contribution in [2.24, 2.45) is 5.92 Å². The van der Waals surface area contributed by atoms with Gasteiger partial charge in [0.1, 0.15) is 22.3 Å². The fraction of sp³-hybridized carbons (Fsp3) is 0.500. The molecule has 2 fully saturated rings. The average molecular weight is 310 g/mol. The van der Waals surface area contributed by atoms with Gasteiger partial charge in [-0.3, -0.25) is 0 Å². The van der Waals surface area contributed by atoms with Crippen LogP contribution >= 0.6 is 0 Å². The molecule has 21 heavy (non-hydrogen) atoms. The molecule has 112 valence electrons. The van der Waals surface area contributed by atoms with E-state index in [0.717, 1.165) is 18.9 Å². The molecule has 0 amide bonds. The Labute approximate surface area is 122 Å². The van der Waals surface area contributed by atoms with Crippen LogP contribution in [0.2, 0.25) is 0 Å². The van der Waals surface area contributed by atoms with Crippen LogP contribution < -0.4 is 4.72 Å². The van der Waals surface area contributed by atoms with E-state index in [1.54, 1.807) is 6.07 Å². The van der Waals surface area contributed by atoms with Crippen molar-refractivity contribution in [3.8, 4) is 6.07 Å². The summed E-state index contributed by atoms with van der Waals surface area (Å²) < 4.78 is 46.6. The summed E-state index contributed by atoms with van der Waals surface area (Å²) in [4.78, 5) is -0.313. The van der Waals surface area contributed by atoms with E-state index in [-0.39, 0.29) is 17.0 Å². The molecule has 1 saturated carbocycles. The minimum absolute atomic E-state index is 0.112. The lowest BCUT2D eigenvalue weighted by molar-refractivity contribution is 0.0848. The molecule has 1 aromatic rings. The zero-order valence-corrected chi connectivity index (χ0v) is 12.1. The summed E-state index contributed by atoms with van der Waals surface area (Å²) >= 11 is 0. The van der Waals surface area contributed by atoms with Crippen LogP contribution in [-0.2, 0) is 14.8 Å². The summed E-state index contributed by atoms with van der Waals surface area (Å²) in [5.41, 5.74) is -0.452. The summed E-state index contributed by atoms with van der Waals surface area (Å²) in [6, 6.07) is 4.91. The van der Waals surface area contributed by atoms with Crippen LogP contribution in [0.3, 0.4) is 0 Å². The Bertz CT molecular complexity index is 695. The first kappa shape index (κ1) is 14.4. The van der Waals surface area contributed by atoms with Gasteiger partial charge in [-0.1, -0.05) is 6.07 Å². The van der Waals surface area contributed by atoms with E-state index < -0.39 is 21.4 Å². The van der Waals surface area contributed by atoms with Gasteiger partial charge in [-0.2, -0.15) is 5.26 Å². The van der Waals surface area contributed by atoms with Gasteiger partial charge < -0.3 is 4.74 Å². The van der Waals surface area contributed by atoms with Crippen molar-refractivity contribution in [1.82, 2.24) is 4.72 Å². The van der Waals surface area contributed by atoms with Gasteiger partial charge >= 0.3 is 0 Å². The van der Waals surface area contributed by atoms with E-state index in [9.17, 15) is 12.8 Å².